The third-order valence-electron chi connectivity index (χ3n) is 4.68. The van der Waals surface area contributed by atoms with Crippen LogP contribution in [0.15, 0.2) is 18.3 Å². The van der Waals surface area contributed by atoms with Crippen LogP contribution in [0.5, 0.6) is 11.8 Å². The van der Waals surface area contributed by atoms with Gasteiger partial charge in [0, 0.05) is 19.5 Å². The number of methoxy groups -OCH3 is 2. The number of hydrogen-bond acceptors (Lipinski definition) is 9. The summed E-state index contributed by atoms with van der Waals surface area (Å²) in [6.07, 6.45) is 1.02. The summed E-state index contributed by atoms with van der Waals surface area (Å²) in [4.78, 5) is 30.3. The van der Waals surface area contributed by atoms with Crippen molar-refractivity contribution in [3.63, 3.8) is 0 Å². The number of ether oxygens (including phenoxy) is 3. The Morgan fingerprint density at radius 2 is 1.82 bits per heavy atom. The van der Waals surface area contributed by atoms with Crippen molar-refractivity contribution < 1.29 is 28.5 Å². The highest BCUT2D eigenvalue weighted by molar-refractivity contribution is 5.91. The summed E-state index contributed by atoms with van der Waals surface area (Å²) in [5.74, 6) is 0.909. The van der Waals surface area contributed by atoms with Crippen LogP contribution in [0, 0.1) is 0 Å². The lowest BCUT2D eigenvalue weighted by molar-refractivity contribution is -0.123. The number of nitrogens with one attached hydrogen (secondary N) is 1. The molecular weight excluding hydrogens is 435 g/mol. The number of carbonyl (C=O) groups excluding carboxylic acids is 1. The van der Waals surface area contributed by atoms with Crippen molar-refractivity contribution in [2.75, 3.05) is 38.2 Å². The number of nitrogens with zero attached hydrogens (tertiary/aromatic N) is 5. The van der Waals surface area contributed by atoms with Crippen LogP contribution in [0.4, 0.5) is 21.1 Å². The highest BCUT2D eigenvalue weighted by Gasteiger charge is 2.27. The van der Waals surface area contributed by atoms with Gasteiger partial charge in [-0.2, -0.15) is 14.9 Å². The lowest BCUT2D eigenvalue weighted by atomic mass is 10.2. The summed E-state index contributed by atoms with van der Waals surface area (Å²) in [5, 5.41) is 3.53. The third-order valence-corrected chi connectivity index (χ3v) is 4.68. The smallest absolute Gasteiger partial charge is 0.416 e. The van der Waals surface area contributed by atoms with Crippen molar-refractivity contribution in [2.24, 2.45) is 7.05 Å². The molecule has 1 N–H and O–H groups in total. The summed E-state index contributed by atoms with van der Waals surface area (Å²) < 4.78 is 30.3. The molecule has 0 fully saturated rings. The van der Waals surface area contributed by atoms with Crippen molar-refractivity contribution in [3.8, 4) is 23.0 Å². The van der Waals surface area contributed by atoms with E-state index in [1.165, 1.54) is 26.2 Å². The predicted molar refractivity (Wildman–Crippen MR) is 120 cm³/mol. The molecule has 3 aromatic heterocycles. The van der Waals surface area contributed by atoms with Gasteiger partial charge in [0.2, 0.25) is 17.7 Å². The van der Waals surface area contributed by atoms with E-state index in [1.54, 1.807) is 33.0 Å². The number of aromatic nitrogens is 4. The van der Waals surface area contributed by atoms with E-state index in [2.05, 4.69) is 25.2 Å². The maximum atomic E-state index is 12.5. The summed E-state index contributed by atoms with van der Waals surface area (Å²) in [5.41, 5.74) is 1.30. The summed E-state index contributed by atoms with van der Waals surface area (Å²) in [6.45, 7) is 4.99. The van der Waals surface area contributed by atoms with Gasteiger partial charge in [-0.3, -0.25) is 0 Å². The van der Waals surface area contributed by atoms with Gasteiger partial charge < -0.3 is 24.1 Å². The monoisotopic (exact) mass is 462 g/mol. The standard InChI is InChI=1S/C21H27FN6O5/c1-21(2,3)33-20(29)28(5)19-25-17(30-6)16(18(26-19)31-7)13-8-12-9-15(24-11-32-22)23-10-14(12)27(13)4/h8-10H,11H2,1-7H3,(H,23,24). The number of halogens is 1. The molecule has 3 rings (SSSR count). The molecule has 1 amide bonds. The number of hydrogen-bond donors (Lipinski definition) is 1. The average Bonchev–Trinajstić information content (AvgIpc) is 3.10. The van der Waals surface area contributed by atoms with Crippen LogP contribution < -0.4 is 19.7 Å². The number of carbonyl (C=O) groups is 1. The van der Waals surface area contributed by atoms with Gasteiger partial charge in [-0.1, -0.05) is 0 Å². The van der Waals surface area contributed by atoms with E-state index < -0.39 is 11.7 Å². The highest BCUT2D eigenvalue weighted by Crippen LogP contribution is 2.39. The number of anilines is 2. The first-order valence-electron chi connectivity index (χ1n) is 9.99. The maximum absolute atomic E-state index is 12.5. The van der Waals surface area contributed by atoms with Crippen LogP contribution in [0.1, 0.15) is 20.8 Å². The second-order valence-corrected chi connectivity index (χ2v) is 8.10. The second-order valence-electron chi connectivity index (χ2n) is 8.10. The molecule has 0 saturated heterocycles. The molecule has 0 atom stereocenters. The first-order valence-corrected chi connectivity index (χ1v) is 9.99. The van der Waals surface area contributed by atoms with Crippen LogP contribution in [-0.4, -0.2) is 59.2 Å². The Morgan fingerprint density at radius 1 is 1.18 bits per heavy atom. The molecule has 12 heteroatoms. The first kappa shape index (κ1) is 24.0. The minimum absolute atomic E-state index is 0.0554. The molecule has 178 valence electrons. The Bertz CT molecular complexity index is 1130. The van der Waals surface area contributed by atoms with E-state index in [0.717, 1.165) is 10.9 Å². The van der Waals surface area contributed by atoms with Crippen molar-refractivity contribution in [1.29, 1.82) is 0 Å². The Labute approximate surface area is 190 Å². The van der Waals surface area contributed by atoms with Crippen molar-refractivity contribution >= 4 is 28.8 Å². The van der Waals surface area contributed by atoms with Crippen molar-refractivity contribution in [3.05, 3.63) is 18.3 Å². The topological polar surface area (TPSA) is 113 Å². The highest BCUT2D eigenvalue weighted by atomic mass is 19.3. The fourth-order valence-corrected chi connectivity index (χ4v) is 3.16. The SMILES string of the molecule is COc1nc(N(C)C(=O)OC(C)(C)C)nc(OC)c1-c1cc2cc(NCOF)ncc2n1C. The van der Waals surface area contributed by atoms with Gasteiger partial charge in [-0.15, -0.1) is 0 Å². The molecule has 3 heterocycles. The van der Waals surface area contributed by atoms with E-state index in [9.17, 15) is 9.32 Å². The van der Waals surface area contributed by atoms with Gasteiger partial charge in [-0.05, 0) is 37.4 Å². The molecule has 0 spiro atoms. The maximum Gasteiger partial charge on any atom is 0.416 e. The predicted octanol–water partition coefficient (Wildman–Crippen LogP) is 3.69. The number of amides is 1. The van der Waals surface area contributed by atoms with Gasteiger partial charge in [0.05, 0.1) is 31.6 Å². The van der Waals surface area contributed by atoms with E-state index in [-0.39, 0.29) is 24.4 Å². The number of rotatable bonds is 7. The van der Waals surface area contributed by atoms with E-state index in [4.69, 9.17) is 14.2 Å². The molecular formula is C21H27FN6O5. The molecule has 3 aromatic rings. The summed E-state index contributed by atoms with van der Waals surface area (Å²) >= 11 is 0. The van der Waals surface area contributed by atoms with Gasteiger partial charge in [0.25, 0.3) is 0 Å². The Kier molecular flexibility index (Phi) is 6.86. The number of pyridine rings is 1. The largest absolute Gasteiger partial charge is 0.480 e. The van der Waals surface area contributed by atoms with Crippen molar-refractivity contribution in [1.82, 2.24) is 19.5 Å². The van der Waals surface area contributed by atoms with Gasteiger partial charge >= 0.3 is 6.09 Å². The second kappa shape index (κ2) is 9.45. The molecule has 0 aliphatic carbocycles. The van der Waals surface area contributed by atoms with Crippen LogP contribution >= 0.6 is 0 Å². The Hall–Kier alpha value is -3.67. The molecule has 0 aromatic carbocycles. The van der Waals surface area contributed by atoms with Crippen LogP contribution in [0.3, 0.4) is 0 Å². The first-order chi connectivity index (χ1) is 15.6. The minimum atomic E-state index is -0.680. The number of aryl methyl sites for hydroxylation is 1. The van der Waals surface area contributed by atoms with Gasteiger partial charge in [0.1, 0.15) is 17.0 Å². The molecule has 0 unspecified atom stereocenters. The molecule has 0 aliphatic heterocycles. The summed E-state index contributed by atoms with van der Waals surface area (Å²) in [7, 11) is 6.27. The summed E-state index contributed by atoms with van der Waals surface area (Å²) in [6, 6.07) is 3.63. The van der Waals surface area contributed by atoms with Crippen LogP contribution in [0.2, 0.25) is 0 Å². The minimum Gasteiger partial charge on any atom is -0.480 e. The molecule has 0 radical (unpaired) electrons. The number of fused-ring (bicyclic) bond motifs is 1. The molecule has 0 aliphatic rings. The zero-order valence-corrected chi connectivity index (χ0v) is 19.6. The lowest BCUT2D eigenvalue weighted by Gasteiger charge is -2.24. The molecule has 11 nitrogen and oxygen atoms in total. The van der Waals surface area contributed by atoms with Gasteiger partial charge in [-0.25, -0.2) is 14.7 Å². The third kappa shape index (κ3) is 5.06. The van der Waals surface area contributed by atoms with E-state index in [1.807, 2.05) is 17.7 Å². The fraction of sp³-hybridized carbons (Fsp3) is 0.429. The van der Waals surface area contributed by atoms with Gasteiger partial charge in [0.15, 0.2) is 6.73 Å². The van der Waals surface area contributed by atoms with Crippen molar-refractivity contribution in [2.45, 2.75) is 26.4 Å². The zero-order chi connectivity index (χ0) is 24.3. The average molecular weight is 462 g/mol. The Balaban J connectivity index is 2.08. The van der Waals surface area contributed by atoms with Crippen LogP contribution in [-0.2, 0) is 16.7 Å². The van der Waals surface area contributed by atoms with E-state index >= 15 is 0 Å². The molecule has 33 heavy (non-hydrogen) atoms. The lowest BCUT2D eigenvalue weighted by Crippen LogP contribution is -2.35. The molecule has 0 bridgehead atoms. The zero-order valence-electron chi connectivity index (χ0n) is 19.6. The van der Waals surface area contributed by atoms with Crippen LogP contribution in [0.25, 0.3) is 22.2 Å². The Morgan fingerprint density at radius 3 is 2.36 bits per heavy atom. The quantitative estimate of drug-likeness (QED) is 0.525. The fourth-order valence-electron chi connectivity index (χ4n) is 3.16. The normalized spacial score (nSPS) is 11.4. The molecule has 0 saturated carbocycles. The van der Waals surface area contributed by atoms with E-state index in [0.29, 0.717) is 17.1 Å².